The molecule has 2 aromatic rings. The summed E-state index contributed by atoms with van der Waals surface area (Å²) in [5.74, 6) is 0.415. The molecule has 1 aliphatic heterocycles. The van der Waals surface area contributed by atoms with Crippen molar-refractivity contribution in [1.82, 2.24) is 5.32 Å². The first-order valence-corrected chi connectivity index (χ1v) is 7.27. The first kappa shape index (κ1) is 14.3. The van der Waals surface area contributed by atoms with E-state index in [0.717, 1.165) is 5.76 Å². The van der Waals surface area contributed by atoms with E-state index in [1.807, 2.05) is 44.2 Å². The lowest BCUT2D eigenvalue weighted by molar-refractivity contribution is -0.137. The second-order valence-corrected chi connectivity index (χ2v) is 5.72. The van der Waals surface area contributed by atoms with E-state index in [1.54, 1.807) is 6.26 Å². The van der Waals surface area contributed by atoms with Crippen molar-refractivity contribution >= 4 is 0 Å². The molecule has 112 valence electrons. The Balaban J connectivity index is 1.69. The summed E-state index contributed by atoms with van der Waals surface area (Å²) in [4.78, 5) is 0. The van der Waals surface area contributed by atoms with Gasteiger partial charge in [0.05, 0.1) is 25.0 Å². The smallest absolute Gasteiger partial charge is 0.163 e. The summed E-state index contributed by atoms with van der Waals surface area (Å²) in [6.07, 6.45) is 1.76. The molecule has 0 radical (unpaired) electrons. The van der Waals surface area contributed by atoms with Crippen molar-refractivity contribution in [2.75, 3.05) is 13.2 Å². The predicted octanol–water partition coefficient (Wildman–Crippen LogP) is 3.11. The zero-order chi connectivity index (χ0) is 14.7. The van der Waals surface area contributed by atoms with Gasteiger partial charge in [-0.05, 0) is 31.5 Å². The lowest BCUT2D eigenvalue weighted by Crippen LogP contribution is -2.33. The Morgan fingerprint density at radius 2 is 2.00 bits per heavy atom. The van der Waals surface area contributed by atoms with Gasteiger partial charge in [-0.2, -0.15) is 0 Å². The van der Waals surface area contributed by atoms with Crippen LogP contribution < -0.4 is 5.32 Å². The van der Waals surface area contributed by atoms with E-state index in [9.17, 15) is 0 Å². The lowest BCUT2D eigenvalue weighted by atomic mass is 10.0. The van der Waals surface area contributed by atoms with Crippen LogP contribution in [0.15, 0.2) is 53.1 Å². The molecule has 1 aromatic carbocycles. The van der Waals surface area contributed by atoms with E-state index in [1.165, 1.54) is 5.56 Å². The molecule has 1 aliphatic rings. The van der Waals surface area contributed by atoms with Crippen LogP contribution in [0.2, 0.25) is 0 Å². The van der Waals surface area contributed by atoms with Gasteiger partial charge in [-0.1, -0.05) is 30.3 Å². The highest BCUT2D eigenvalue weighted by atomic mass is 16.7. The largest absolute Gasteiger partial charge is 0.467 e. The lowest BCUT2D eigenvalue weighted by Gasteiger charge is -2.21. The average molecular weight is 287 g/mol. The summed E-state index contributed by atoms with van der Waals surface area (Å²) in [5.41, 5.74) is 1.17. The molecule has 2 heterocycles. The third-order valence-electron chi connectivity index (χ3n) is 3.58. The van der Waals surface area contributed by atoms with Gasteiger partial charge in [-0.25, -0.2) is 0 Å². The monoisotopic (exact) mass is 287 g/mol. The summed E-state index contributed by atoms with van der Waals surface area (Å²) in [6.45, 7) is 5.20. The standard InChI is InChI=1S/C17H21NO3/c1-17(2)20-12-14(21-17)11-18-16(15-9-6-10-19-15)13-7-4-3-5-8-13/h3-10,14,16,18H,11-12H2,1-2H3. The summed E-state index contributed by atoms with van der Waals surface area (Å²) in [6, 6.07) is 14.2. The van der Waals surface area contributed by atoms with E-state index in [-0.39, 0.29) is 12.1 Å². The second-order valence-electron chi connectivity index (χ2n) is 5.72. The summed E-state index contributed by atoms with van der Waals surface area (Å²) in [5, 5.41) is 3.52. The Kier molecular flexibility index (Phi) is 4.10. The van der Waals surface area contributed by atoms with Gasteiger partial charge in [0.25, 0.3) is 0 Å². The second kappa shape index (κ2) is 6.02. The van der Waals surface area contributed by atoms with Crippen LogP contribution in [0.4, 0.5) is 0 Å². The minimum Gasteiger partial charge on any atom is -0.467 e. The van der Waals surface area contributed by atoms with E-state index in [4.69, 9.17) is 13.9 Å². The zero-order valence-corrected chi connectivity index (χ0v) is 12.4. The van der Waals surface area contributed by atoms with Gasteiger partial charge in [-0.3, -0.25) is 0 Å². The number of ether oxygens (including phenoxy) is 2. The average Bonchev–Trinajstić information content (AvgIpc) is 3.10. The number of benzene rings is 1. The molecule has 0 bridgehead atoms. The van der Waals surface area contributed by atoms with Gasteiger partial charge in [0, 0.05) is 6.54 Å². The topological polar surface area (TPSA) is 43.6 Å². The highest BCUT2D eigenvalue weighted by Gasteiger charge is 2.33. The van der Waals surface area contributed by atoms with Crippen molar-refractivity contribution in [3.63, 3.8) is 0 Å². The van der Waals surface area contributed by atoms with E-state index in [0.29, 0.717) is 13.2 Å². The van der Waals surface area contributed by atoms with Crippen molar-refractivity contribution < 1.29 is 13.9 Å². The predicted molar refractivity (Wildman–Crippen MR) is 79.9 cm³/mol. The molecular weight excluding hydrogens is 266 g/mol. The molecule has 0 spiro atoms. The van der Waals surface area contributed by atoms with Crippen LogP contribution in [0.5, 0.6) is 0 Å². The Labute approximate surface area is 125 Å². The fourth-order valence-corrected chi connectivity index (χ4v) is 2.60. The maximum atomic E-state index is 5.84. The molecule has 4 nitrogen and oxygen atoms in total. The highest BCUT2D eigenvalue weighted by molar-refractivity contribution is 5.26. The first-order chi connectivity index (χ1) is 10.1. The quantitative estimate of drug-likeness (QED) is 0.917. The summed E-state index contributed by atoms with van der Waals surface area (Å²) in [7, 11) is 0. The molecule has 1 saturated heterocycles. The SMILES string of the molecule is CC1(C)OCC(CNC(c2ccccc2)c2ccco2)O1. The number of nitrogens with one attached hydrogen (secondary N) is 1. The van der Waals surface area contributed by atoms with Crippen LogP contribution in [-0.4, -0.2) is 25.0 Å². The maximum Gasteiger partial charge on any atom is 0.163 e. The van der Waals surface area contributed by atoms with Crippen molar-refractivity contribution in [2.45, 2.75) is 31.8 Å². The van der Waals surface area contributed by atoms with Crippen molar-refractivity contribution in [1.29, 1.82) is 0 Å². The Hall–Kier alpha value is -1.62. The van der Waals surface area contributed by atoms with Gasteiger partial charge in [0.1, 0.15) is 5.76 Å². The Morgan fingerprint density at radius 1 is 1.19 bits per heavy atom. The molecule has 1 aromatic heterocycles. The third-order valence-corrected chi connectivity index (χ3v) is 3.58. The molecule has 2 atom stereocenters. The fraction of sp³-hybridized carbons (Fsp3) is 0.412. The Bertz CT molecular complexity index is 551. The van der Waals surface area contributed by atoms with E-state index >= 15 is 0 Å². The van der Waals surface area contributed by atoms with Gasteiger partial charge in [0.2, 0.25) is 0 Å². The zero-order valence-electron chi connectivity index (χ0n) is 12.4. The minimum absolute atomic E-state index is 0.0218. The normalized spacial score (nSPS) is 22.3. The van der Waals surface area contributed by atoms with Crippen molar-refractivity contribution in [3.05, 3.63) is 60.1 Å². The third kappa shape index (κ3) is 3.53. The van der Waals surface area contributed by atoms with Gasteiger partial charge in [-0.15, -0.1) is 0 Å². The number of furan rings is 1. The van der Waals surface area contributed by atoms with E-state index < -0.39 is 5.79 Å². The van der Waals surface area contributed by atoms with Gasteiger partial charge >= 0.3 is 0 Å². The van der Waals surface area contributed by atoms with Crippen LogP contribution in [0.1, 0.15) is 31.2 Å². The van der Waals surface area contributed by atoms with Crippen molar-refractivity contribution in [3.8, 4) is 0 Å². The van der Waals surface area contributed by atoms with Crippen LogP contribution in [-0.2, 0) is 9.47 Å². The Morgan fingerprint density at radius 3 is 2.62 bits per heavy atom. The number of hydrogen-bond acceptors (Lipinski definition) is 4. The highest BCUT2D eigenvalue weighted by Crippen LogP contribution is 2.25. The molecule has 0 saturated carbocycles. The minimum atomic E-state index is -0.487. The molecule has 0 amide bonds. The van der Waals surface area contributed by atoms with Gasteiger partial charge < -0.3 is 19.2 Å². The maximum absolute atomic E-state index is 5.84. The van der Waals surface area contributed by atoms with Crippen LogP contribution in [0, 0.1) is 0 Å². The number of rotatable bonds is 5. The van der Waals surface area contributed by atoms with Crippen LogP contribution in [0.3, 0.4) is 0 Å². The van der Waals surface area contributed by atoms with Crippen molar-refractivity contribution in [2.24, 2.45) is 0 Å². The van der Waals surface area contributed by atoms with Crippen LogP contribution >= 0.6 is 0 Å². The molecule has 21 heavy (non-hydrogen) atoms. The van der Waals surface area contributed by atoms with Gasteiger partial charge in [0.15, 0.2) is 5.79 Å². The molecule has 3 rings (SSSR count). The van der Waals surface area contributed by atoms with E-state index in [2.05, 4.69) is 17.4 Å². The first-order valence-electron chi connectivity index (χ1n) is 7.27. The fourth-order valence-electron chi connectivity index (χ4n) is 2.60. The molecule has 1 fully saturated rings. The molecule has 2 unspecified atom stereocenters. The molecule has 4 heteroatoms. The number of hydrogen-bond donors (Lipinski definition) is 1. The molecule has 1 N–H and O–H groups in total. The van der Waals surface area contributed by atoms with Crippen LogP contribution in [0.25, 0.3) is 0 Å². The molecule has 0 aliphatic carbocycles. The summed E-state index contributed by atoms with van der Waals surface area (Å²) >= 11 is 0. The summed E-state index contributed by atoms with van der Waals surface area (Å²) < 4.78 is 17.0. The molecular formula is C17H21NO3.